The van der Waals surface area contributed by atoms with Crippen LogP contribution in [0.3, 0.4) is 0 Å². The van der Waals surface area contributed by atoms with E-state index in [1.165, 1.54) is 12.8 Å². The van der Waals surface area contributed by atoms with E-state index in [2.05, 4.69) is 27.7 Å². The number of pyridine rings is 1. The van der Waals surface area contributed by atoms with Gasteiger partial charge >= 0.3 is 0 Å². The van der Waals surface area contributed by atoms with Crippen molar-refractivity contribution in [1.82, 2.24) is 19.6 Å². The van der Waals surface area contributed by atoms with E-state index in [0.717, 1.165) is 33.7 Å². The molecule has 1 saturated carbocycles. The molecule has 4 rings (SSSR count). The molecule has 0 unspecified atom stereocenters. The Morgan fingerprint density at radius 1 is 1.33 bits per heavy atom. The normalized spacial score (nSPS) is 14.5. The number of rotatable bonds is 3. The molecule has 0 bridgehead atoms. The van der Waals surface area contributed by atoms with Gasteiger partial charge in [-0.2, -0.15) is 5.10 Å². The Labute approximate surface area is 123 Å². The Balaban J connectivity index is 1.72. The van der Waals surface area contributed by atoms with Gasteiger partial charge in [0.05, 0.1) is 5.52 Å². The standard InChI is InChI=1S/C17H16N4/c1-11(14-6-8-21-15(9-14)5-7-19-21)16-10-18-17(13-3-4-13)20-12(16)2/h5-10,13H,1,3-4H2,2H3. The highest BCUT2D eigenvalue weighted by atomic mass is 15.2. The molecule has 104 valence electrons. The molecule has 3 aromatic heterocycles. The minimum atomic E-state index is 0.578. The molecule has 0 aromatic carbocycles. The van der Waals surface area contributed by atoms with Crippen molar-refractivity contribution < 1.29 is 0 Å². The second-order valence-corrected chi connectivity index (χ2v) is 5.60. The molecule has 1 aliphatic carbocycles. The van der Waals surface area contributed by atoms with Crippen molar-refractivity contribution in [2.24, 2.45) is 0 Å². The fourth-order valence-corrected chi connectivity index (χ4v) is 2.58. The maximum Gasteiger partial charge on any atom is 0.131 e. The molecule has 4 nitrogen and oxygen atoms in total. The molecule has 0 atom stereocenters. The molecule has 21 heavy (non-hydrogen) atoms. The lowest BCUT2D eigenvalue weighted by molar-refractivity contribution is 0.901. The quantitative estimate of drug-likeness (QED) is 0.736. The van der Waals surface area contributed by atoms with E-state index in [1.807, 2.05) is 36.0 Å². The Bertz CT molecular complexity index is 843. The van der Waals surface area contributed by atoms with E-state index in [0.29, 0.717) is 5.92 Å². The van der Waals surface area contributed by atoms with Gasteiger partial charge in [0.15, 0.2) is 0 Å². The molecule has 0 radical (unpaired) electrons. The molecule has 0 spiro atoms. The average Bonchev–Trinajstić information content (AvgIpc) is 3.24. The topological polar surface area (TPSA) is 43.1 Å². The summed E-state index contributed by atoms with van der Waals surface area (Å²) in [4.78, 5) is 9.16. The summed E-state index contributed by atoms with van der Waals surface area (Å²) in [6.07, 6.45) is 8.10. The van der Waals surface area contributed by atoms with Gasteiger partial charge in [-0.05, 0) is 49.1 Å². The van der Waals surface area contributed by atoms with Crippen LogP contribution in [-0.4, -0.2) is 19.6 Å². The largest absolute Gasteiger partial charge is 0.241 e. The third kappa shape index (κ3) is 2.13. The van der Waals surface area contributed by atoms with E-state index < -0.39 is 0 Å². The molecule has 3 aromatic rings. The first-order valence-corrected chi connectivity index (χ1v) is 7.19. The molecule has 4 heteroatoms. The fourth-order valence-electron chi connectivity index (χ4n) is 2.58. The number of fused-ring (bicyclic) bond motifs is 1. The lowest BCUT2D eigenvalue weighted by Gasteiger charge is -2.10. The third-order valence-corrected chi connectivity index (χ3v) is 4.01. The van der Waals surface area contributed by atoms with E-state index in [4.69, 9.17) is 0 Å². The maximum absolute atomic E-state index is 4.64. The number of nitrogens with zero attached hydrogens (tertiary/aromatic N) is 4. The number of hydrogen-bond donors (Lipinski definition) is 0. The van der Waals surface area contributed by atoms with Gasteiger partial charge in [-0.3, -0.25) is 0 Å². The van der Waals surface area contributed by atoms with Gasteiger partial charge in [0.2, 0.25) is 0 Å². The van der Waals surface area contributed by atoms with Crippen molar-refractivity contribution in [3.8, 4) is 0 Å². The highest BCUT2D eigenvalue weighted by molar-refractivity contribution is 5.80. The smallest absolute Gasteiger partial charge is 0.131 e. The zero-order valence-corrected chi connectivity index (χ0v) is 12.0. The highest BCUT2D eigenvalue weighted by Crippen LogP contribution is 2.38. The predicted octanol–water partition coefficient (Wildman–Crippen LogP) is 3.37. The van der Waals surface area contributed by atoms with Gasteiger partial charge in [-0.1, -0.05) is 6.58 Å². The minimum Gasteiger partial charge on any atom is -0.241 e. The molecule has 0 saturated heterocycles. The summed E-state index contributed by atoms with van der Waals surface area (Å²) in [6, 6.07) is 6.09. The summed E-state index contributed by atoms with van der Waals surface area (Å²) >= 11 is 0. The van der Waals surface area contributed by atoms with Crippen molar-refractivity contribution in [3.63, 3.8) is 0 Å². The van der Waals surface area contributed by atoms with Crippen molar-refractivity contribution in [1.29, 1.82) is 0 Å². The molecule has 1 aliphatic rings. The average molecular weight is 276 g/mol. The van der Waals surface area contributed by atoms with Crippen LogP contribution < -0.4 is 0 Å². The van der Waals surface area contributed by atoms with Crippen LogP contribution in [0.25, 0.3) is 11.1 Å². The van der Waals surface area contributed by atoms with Crippen LogP contribution >= 0.6 is 0 Å². The zero-order valence-electron chi connectivity index (χ0n) is 12.0. The summed E-state index contributed by atoms with van der Waals surface area (Å²) in [5.74, 6) is 1.56. The van der Waals surface area contributed by atoms with Crippen LogP contribution in [0.2, 0.25) is 0 Å². The summed E-state index contributed by atoms with van der Waals surface area (Å²) in [5.41, 5.74) is 5.11. The molecule has 0 N–H and O–H groups in total. The Hall–Kier alpha value is -2.49. The Kier molecular flexibility index (Phi) is 2.64. The molecule has 0 aliphatic heterocycles. The van der Waals surface area contributed by atoms with Crippen molar-refractivity contribution >= 4 is 11.1 Å². The SMILES string of the molecule is C=C(c1ccn2nccc2c1)c1cnc(C2CC2)nc1C. The van der Waals surface area contributed by atoms with Gasteiger partial charge in [0, 0.05) is 35.8 Å². The van der Waals surface area contributed by atoms with Crippen molar-refractivity contribution in [2.45, 2.75) is 25.7 Å². The van der Waals surface area contributed by atoms with Gasteiger partial charge in [-0.25, -0.2) is 14.5 Å². The van der Waals surface area contributed by atoms with E-state index in [1.54, 1.807) is 6.20 Å². The minimum absolute atomic E-state index is 0.578. The van der Waals surface area contributed by atoms with E-state index in [-0.39, 0.29) is 0 Å². The molecule has 3 heterocycles. The van der Waals surface area contributed by atoms with Gasteiger partial charge < -0.3 is 0 Å². The second kappa shape index (κ2) is 4.52. The first-order valence-electron chi connectivity index (χ1n) is 7.19. The fraction of sp³-hybridized carbons (Fsp3) is 0.235. The molecule has 1 fully saturated rings. The highest BCUT2D eigenvalue weighted by Gasteiger charge is 2.26. The van der Waals surface area contributed by atoms with Crippen LogP contribution in [0.1, 0.15) is 41.4 Å². The lowest BCUT2D eigenvalue weighted by atomic mass is 10.0. The van der Waals surface area contributed by atoms with Crippen molar-refractivity contribution in [3.05, 3.63) is 66.0 Å². The van der Waals surface area contributed by atoms with E-state index >= 15 is 0 Å². The molecular weight excluding hydrogens is 260 g/mol. The zero-order chi connectivity index (χ0) is 14.4. The van der Waals surface area contributed by atoms with Gasteiger partial charge in [-0.15, -0.1) is 0 Å². The van der Waals surface area contributed by atoms with Crippen molar-refractivity contribution in [2.75, 3.05) is 0 Å². The summed E-state index contributed by atoms with van der Waals surface area (Å²) < 4.78 is 1.84. The Morgan fingerprint density at radius 2 is 2.19 bits per heavy atom. The van der Waals surface area contributed by atoms with Crippen LogP contribution in [0.15, 0.2) is 43.4 Å². The number of hydrogen-bond acceptors (Lipinski definition) is 3. The third-order valence-electron chi connectivity index (χ3n) is 4.01. The molecule has 0 amide bonds. The van der Waals surface area contributed by atoms with Crippen LogP contribution in [0.4, 0.5) is 0 Å². The van der Waals surface area contributed by atoms with Crippen LogP contribution in [-0.2, 0) is 0 Å². The van der Waals surface area contributed by atoms with E-state index in [9.17, 15) is 0 Å². The molecular formula is C17H16N4. The Morgan fingerprint density at radius 3 is 2.95 bits per heavy atom. The summed E-state index contributed by atoms with van der Waals surface area (Å²) in [5, 5.41) is 4.21. The first-order chi connectivity index (χ1) is 10.2. The van der Waals surface area contributed by atoms with Gasteiger partial charge in [0.25, 0.3) is 0 Å². The van der Waals surface area contributed by atoms with Gasteiger partial charge in [0.1, 0.15) is 5.82 Å². The predicted molar refractivity (Wildman–Crippen MR) is 82.1 cm³/mol. The lowest BCUT2D eigenvalue weighted by Crippen LogP contribution is -2.00. The monoisotopic (exact) mass is 276 g/mol. The second-order valence-electron chi connectivity index (χ2n) is 5.60. The first kappa shape index (κ1) is 12.3. The summed E-state index contributed by atoms with van der Waals surface area (Å²) in [6.45, 7) is 6.26. The van der Waals surface area contributed by atoms with Crippen LogP contribution in [0.5, 0.6) is 0 Å². The number of aromatic nitrogens is 4. The maximum atomic E-state index is 4.64. The van der Waals surface area contributed by atoms with Crippen LogP contribution in [0, 0.1) is 6.92 Å². The summed E-state index contributed by atoms with van der Waals surface area (Å²) in [7, 11) is 0. The number of aryl methyl sites for hydroxylation is 1.